The molecule has 1 saturated carbocycles. The number of methoxy groups -OCH3 is 1. The van der Waals surface area contributed by atoms with Crippen LogP contribution >= 0.6 is 0 Å². The van der Waals surface area contributed by atoms with Crippen molar-refractivity contribution in [2.45, 2.75) is 70.3 Å². The highest BCUT2D eigenvalue weighted by molar-refractivity contribution is 5.91. The van der Waals surface area contributed by atoms with Crippen molar-refractivity contribution in [1.29, 1.82) is 0 Å². The minimum absolute atomic E-state index is 0.0471. The van der Waals surface area contributed by atoms with Crippen molar-refractivity contribution in [3.05, 3.63) is 42.5 Å². The van der Waals surface area contributed by atoms with Crippen molar-refractivity contribution >= 4 is 23.6 Å². The van der Waals surface area contributed by atoms with Crippen LogP contribution < -0.4 is 25.6 Å². The van der Waals surface area contributed by atoms with E-state index in [0.717, 1.165) is 6.20 Å². The number of carbonyl (C=O) groups excluding carboxylic acids is 1. The highest BCUT2D eigenvalue weighted by atomic mass is 19.4. The lowest BCUT2D eigenvalue weighted by Gasteiger charge is -2.36. The molecule has 2 amide bonds. The lowest BCUT2D eigenvalue weighted by atomic mass is 9.90. The van der Waals surface area contributed by atoms with E-state index in [2.05, 4.69) is 40.9 Å². The second-order valence-electron chi connectivity index (χ2n) is 10.2. The maximum absolute atomic E-state index is 13.4. The molecule has 0 aliphatic heterocycles. The van der Waals surface area contributed by atoms with Gasteiger partial charge in [-0.25, -0.2) is 33.5 Å². The molecule has 1 aliphatic rings. The summed E-state index contributed by atoms with van der Waals surface area (Å²) in [6.45, 7) is 2.59. The van der Waals surface area contributed by atoms with E-state index in [1.54, 1.807) is 38.4 Å². The maximum Gasteiger partial charge on any atom is 0.421 e. The normalized spacial score (nSPS) is 17.1. The van der Waals surface area contributed by atoms with E-state index in [9.17, 15) is 26.7 Å². The SMILES string of the molecule is COc1ncc(-c2ccc(N(C(=O)NCC(F)F)C3CCC(Nc4ncc(C(F)(F)F)c(NC(C)C)n4)CC3)nc2)cn1. The van der Waals surface area contributed by atoms with Crippen LogP contribution in [0.1, 0.15) is 45.1 Å². The molecule has 3 N–H and O–H groups in total. The van der Waals surface area contributed by atoms with Crippen molar-refractivity contribution in [2.75, 3.05) is 29.2 Å². The number of rotatable bonds is 10. The van der Waals surface area contributed by atoms with Crippen LogP contribution in [-0.2, 0) is 6.18 Å². The smallest absolute Gasteiger partial charge is 0.421 e. The predicted octanol–water partition coefficient (Wildman–Crippen LogP) is 5.38. The van der Waals surface area contributed by atoms with Gasteiger partial charge in [0.15, 0.2) is 0 Å². The van der Waals surface area contributed by atoms with E-state index in [1.807, 2.05) is 0 Å². The van der Waals surface area contributed by atoms with Gasteiger partial charge in [-0.1, -0.05) is 0 Å². The first-order valence-electron chi connectivity index (χ1n) is 13.6. The summed E-state index contributed by atoms with van der Waals surface area (Å²) in [5.74, 6) is 0.00835. The van der Waals surface area contributed by atoms with Crippen molar-refractivity contribution in [3.63, 3.8) is 0 Å². The largest absolute Gasteiger partial charge is 0.467 e. The Morgan fingerprint density at radius 1 is 1.00 bits per heavy atom. The Hall–Kier alpha value is -4.37. The number of ether oxygens (including phenoxy) is 1. The summed E-state index contributed by atoms with van der Waals surface area (Å²) in [5.41, 5.74) is 0.381. The number of amides is 2. The Kier molecular flexibility index (Phi) is 10.1. The summed E-state index contributed by atoms with van der Waals surface area (Å²) in [6.07, 6.45) is 0.0225. The molecule has 0 bridgehead atoms. The number of anilines is 3. The van der Waals surface area contributed by atoms with E-state index >= 15 is 0 Å². The number of alkyl halides is 5. The fourth-order valence-corrected chi connectivity index (χ4v) is 4.68. The first kappa shape index (κ1) is 31.6. The second kappa shape index (κ2) is 13.7. The summed E-state index contributed by atoms with van der Waals surface area (Å²) in [6, 6.07) is 2.00. The highest BCUT2D eigenvalue weighted by Gasteiger charge is 2.36. The van der Waals surface area contributed by atoms with Crippen molar-refractivity contribution in [2.24, 2.45) is 0 Å². The average Bonchev–Trinajstić information content (AvgIpc) is 2.97. The Bertz CT molecular complexity index is 1350. The molecular weight excluding hydrogens is 577 g/mol. The lowest BCUT2D eigenvalue weighted by Crippen LogP contribution is -2.50. The van der Waals surface area contributed by atoms with Gasteiger partial charge in [-0.3, -0.25) is 4.90 Å². The van der Waals surface area contributed by atoms with Crippen LogP contribution in [0.5, 0.6) is 6.01 Å². The van der Waals surface area contributed by atoms with Crippen LogP contribution in [0, 0.1) is 0 Å². The summed E-state index contributed by atoms with van der Waals surface area (Å²) in [4.78, 5) is 34.9. The Morgan fingerprint density at radius 2 is 1.67 bits per heavy atom. The van der Waals surface area contributed by atoms with Crippen LogP contribution in [-0.4, -0.2) is 69.2 Å². The molecule has 1 aliphatic carbocycles. The van der Waals surface area contributed by atoms with E-state index < -0.39 is 30.7 Å². The molecule has 0 saturated heterocycles. The van der Waals surface area contributed by atoms with Crippen LogP contribution in [0.2, 0.25) is 0 Å². The van der Waals surface area contributed by atoms with Crippen molar-refractivity contribution < 1.29 is 31.5 Å². The number of hydrogen-bond acceptors (Lipinski definition) is 9. The lowest BCUT2D eigenvalue weighted by molar-refractivity contribution is -0.137. The van der Waals surface area contributed by atoms with Crippen LogP contribution in [0.15, 0.2) is 36.9 Å². The molecular formula is C27H32F5N9O2. The molecule has 0 atom stereocenters. The minimum Gasteiger partial charge on any atom is -0.467 e. The second-order valence-corrected chi connectivity index (χ2v) is 10.2. The molecule has 3 aromatic heterocycles. The molecule has 1 fully saturated rings. The fraction of sp³-hybridized carbons (Fsp3) is 0.481. The molecule has 4 rings (SSSR count). The molecule has 232 valence electrons. The van der Waals surface area contributed by atoms with Crippen LogP contribution in [0.4, 0.5) is 44.3 Å². The van der Waals surface area contributed by atoms with E-state index in [-0.39, 0.29) is 41.7 Å². The van der Waals surface area contributed by atoms with E-state index in [0.29, 0.717) is 36.8 Å². The minimum atomic E-state index is -4.61. The highest BCUT2D eigenvalue weighted by Crippen LogP contribution is 2.35. The zero-order chi connectivity index (χ0) is 31.1. The summed E-state index contributed by atoms with van der Waals surface area (Å²) in [7, 11) is 1.45. The van der Waals surface area contributed by atoms with E-state index in [1.165, 1.54) is 18.2 Å². The molecule has 0 unspecified atom stereocenters. The number of pyridine rings is 1. The molecule has 0 spiro atoms. The molecule has 43 heavy (non-hydrogen) atoms. The number of carbonyl (C=O) groups is 1. The average molecular weight is 610 g/mol. The van der Waals surface area contributed by atoms with Crippen LogP contribution in [0.25, 0.3) is 11.1 Å². The first-order chi connectivity index (χ1) is 20.4. The fourth-order valence-electron chi connectivity index (χ4n) is 4.68. The number of nitrogens with zero attached hydrogens (tertiary/aromatic N) is 6. The van der Waals surface area contributed by atoms with Gasteiger partial charge >= 0.3 is 18.2 Å². The van der Waals surface area contributed by atoms with Crippen molar-refractivity contribution in [1.82, 2.24) is 30.2 Å². The Labute approximate surface area is 244 Å². The summed E-state index contributed by atoms with van der Waals surface area (Å²) >= 11 is 0. The van der Waals surface area contributed by atoms with Gasteiger partial charge in [0, 0.05) is 54.0 Å². The molecule has 3 heterocycles. The quantitative estimate of drug-likeness (QED) is 0.259. The third kappa shape index (κ3) is 8.35. The van der Waals surface area contributed by atoms with Gasteiger partial charge in [0.2, 0.25) is 5.95 Å². The predicted molar refractivity (Wildman–Crippen MR) is 149 cm³/mol. The van der Waals surface area contributed by atoms with Gasteiger partial charge < -0.3 is 20.7 Å². The molecule has 0 radical (unpaired) electrons. The topological polar surface area (TPSA) is 130 Å². The van der Waals surface area contributed by atoms with Crippen molar-refractivity contribution in [3.8, 4) is 17.1 Å². The zero-order valence-electron chi connectivity index (χ0n) is 23.7. The summed E-state index contributed by atoms with van der Waals surface area (Å²) in [5, 5.41) is 8.06. The third-order valence-corrected chi connectivity index (χ3v) is 6.68. The zero-order valence-corrected chi connectivity index (χ0v) is 23.7. The third-order valence-electron chi connectivity index (χ3n) is 6.68. The molecule has 16 heteroatoms. The van der Waals surface area contributed by atoms with Gasteiger partial charge in [-0.15, -0.1) is 0 Å². The Morgan fingerprint density at radius 3 is 2.23 bits per heavy atom. The molecule has 11 nitrogen and oxygen atoms in total. The monoisotopic (exact) mass is 609 g/mol. The van der Waals surface area contributed by atoms with Gasteiger partial charge in [0.1, 0.15) is 17.2 Å². The molecule has 0 aromatic carbocycles. The first-order valence-corrected chi connectivity index (χ1v) is 13.6. The number of nitrogens with one attached hydrogen (secondary N) is 3. The molecule has 3 aromatic rings. The summed E-state index contributed by atoms with van der Waals surface area (Å²) < 4.78 is 71.0. The van der Waals surface area contributed by atoms with Gasteiger partial charge in [0.05, 0.1) is 13.7 Å². The standard InChI is InChI=1S/C27H32F5N9O2/c1-15(2)38-23-20(27(30,31)32)13-34-24(40-23)39-18-5-7-19(8-6-18)41(26(42)37-14-21(28)29)22-9-4-16(10-33-22)17-11-35-25(43-3)36-12-17/h4,9-13,15,18-19,21H,5-8,14H2,1-3H3,(H,37,42)(H2,34,38,39,40). The van der Waals surface area contributed by atoms with Gasteiger partial charge in [-0.2, -0.15) is 18.2 Å². The number of aromatic nitrogens is 5. The Balaban J connectivity index is 1.47. The maximum atomic E-state index is 13.4. The number of hydrogen-bond donors (Lipinski definition) is 3. The number of halogens is 5. The number of urea groups is 1. The van der Waals surface area contributed by atoms with Crippen LogP contribution in [0.3, 0.4) is 0 Å². The van der Waals surface area contributed by atoms with Gasteiger partial charge in [0.25, 0.3) is 6.43 Å². The van der Waals surface area contributed by atoms with Gasteiger partial charge in [-0.05, 0) is 51.7 Å². The van der Waals surface area contributed by atoms with E-state index in [4.69, 9.17) is 4.74 Å².